The van der Waals surface area contributed by atoms with Crippen molar-refractivity contribution in [3.63, 3.8) is 0 Å². The van der Waals surface area contributed by atoms with Crippen LogP contribution < -0.4 is 21.3 Å². The molecule has 0 saturated carbocycles. The number of sulfonamides is 1. The van der Waals surface area contributed by atoms with Crippen LogP contribution in [0.15, 0.2) is 87.3 Å². The molecule has 1 amide bonds. The molecule has 0 saturated heterocycles. The molecule has 9 nitrogen and oxygen atoms in total. The van der Waals surface area contributed by atoms with E-state index in [2.05, 4.69) is 10.0 Å². The Labute approximate surface area is 214 Å². The monoisotopic (exact) mass is 520 g/mol. The quantitative estimate of drug-likeness (QED) is 0.370. The second-order valence-electron chi connectivity index (χ2n) is 8.79. The molecule has 0 bridgehead atoms. The molecular weight excluding hydrogens is 492 g/mol. The van der Waals surface area contributed by atoms with Crippen molar-refractivity contribution in [3.8, 4) is 0 Å². The summed E-state index contributed by atoms with van der Waals surface area (Å²) < 4.78 is 31.5. The van der Waals surface area contributed by atoms with Gasteiger partial charge in [-0.05, 0) is 54.3 Å². The van der Waals surface area contributed by atoms with Gasteiger partial charge in [0, 0.05) is 19.8 Å². The van der Waals surface area contributed by atoms with Crippen LogP contribution in [0.1, 0.15) is 18.1 Å². The Morgan fingerprint density at radius 3 is 2.30 bits per heavy atom. The van der Waals surface area contributed by atoms with Gasteiger partial charge in [-0.3, -0.25) is 18.7 Å². The van der Waals surface area contributed by atoms with Gasteiger partial charge in [-0.1, -0.05) is 49.4 Å². The molecule has 4 rings (SSSR count). The van der Waals surface area contributed by atoms with Crippen molar-refractivity contribution < 1.29 is 13.2 Å². The summed E-state index contributed by atoms with van der Waals surface area (Å²) in [6.07, 6.45) is 0.903. The van der Waals surface area contributed by atoms with Crippen molar-refractivity contribution in [2.24, 2.45) is 14.1 Å². The molecule has 0 aliphatic heterocycles. The standard InChI is InChI=1S/C27H28N4O5S/c1-4-18-11-8-12-20(15-18)28-25(32)23(16-19-9-6-5-7-10-19)29-37(35,36)21-13-14-24-22(17-21)26(33)31(3)27(34)30(24)2/h5-15,17,23,29H,4,16H2,1-3H3,(H,28,32)/t23-/m0/s1. The van der Waals surface area contributed by atoms with E-state index in [-0.39, 0.29) is 16.7 Å². The van der Waals surface area contributed by atoms with Gasteiger partial charge in [0.15, 0.2) is 0 Å². The van der Waals surface area contributed by atoms with E-state index in [0.717, 1.165) is 22.1 Å². The maximum atomic E-state index is 13.4. The second kappa shape index (κ2) is 10.5. The van der Waals surface area contributed by atoms with Gasteiger partial charge in [0.05, 0.1) is 15.8 Å². The molecule has 3 aromatic carbocycles. The molecule has 10 heteroatoms. The van der Waals surface area contributed by atoms with E-state index in [4.69, 9.17) is 0 Å². The third-order valence-corrected chi connectivity index (χ3v) is 7.72. The van der Waals surface area contributed by atoms with E-state index in [9.17, 15) is 22.8 Å². The van der Waals surface area contributed by atoms with Gasteiger partial charge >= 0.3 is 5.69 Å². The van der Waals surface area contributed by atoms with Crippen molar-refractivity contribution in [2.75, 3.05) is 5.32 Å². The van der Waals surface area contributed by atoms with E-state index < -0.39 is 33.2 Å². The van der Waals surface area contributed by atoms with Crippen molar-refractivity contribution in [1.29, 1.82) is 0 Å². The molecule has 1 aromatic heterocycles. The first-order valence-corrected chi connectivity index (χ1v) is 13.2. The summed E-state index contributed by atoms with van der Waals surface area (Å²) in [6.45, 7) is 2.00. The lowest BCUT2D eigenvalue weighted by Gasteiger charge is -2.19. The van der Waals surface area contributed by atoms with E-state index >= 15 is 0 Å². The number of nitrogens with zero attached hydrogens (tertiary/aromatic N) is 2. The largest absolute Gasteiger partial charge is 0.330 e. The van der Waals surface area contributed by atoms with Crippen LogP contribution in [0.2, 0.25) is 0 Å². The molecule has 37 heavy (non-hydrogen) atoms. The fraction of sp³-hybridized carbons (Fsp3) is 0.222. The molecule has 0 aliphatic rings. The van der Waals surface area contributed by atoms with E-state index in [0.29, 0.717) is 11.2 Å². The summed E-state index contributed by atoms with van der Waals surface area (Å²) >= 11 is 0. The number of aromatic nitrogens is 2. The van der Waals surface area contributed by atoms with Gasteiger partial charge in [-0.25, -0.2) is 13.2 Å². The average Bonchev–Trinajstić information content (AvgIpc) is 2.90. The van der Waals surface area contributed by atoms with Gasteiger partial charge in [-0.2, -0.15) is 4.72 Å². The Hall–Kier alpha value is -4.02. The molecule has 1 heterocycles. The Morgan fingerprint density at radius 2 is 1.59 bits per heavy atom. The van der Waals surface area contributed by atoms with E-state index in [1.54, 1.807) is 6.07 Å². The molecule has 0 spiro atoms. The van der Waals surface area contributed by atoms with Crippen molar-refractivity contribution >= 4 is 32.5 Å². The molecule has 0 unspecified atom stereocenters. The SMILES string of the molecule is CCc1cccc(NC(=O)[C@H](Cc2ccccc2)NS(=O)(=O)c2ccc3c(c2)c(=O)n(C)c(=O)n3C)c1. The molecule has 0 fully saturated rings. The van der Waals surface area contributed by atoms with Crippen LogP contribution in [-0.2, 0) is 41.8 Å². The number of hydrogen-bond acceptors (Lipinski definition) is 5. The molecular formula is C27H28N4O5S. The predicted molar refractivity (Wildman–Crippen MR) is 143 cm³/mol. The second-order valence-corrected chi connectivity index (χ2v) is 10.5. The number of carbonyl (C=O) groups is 1. The number of rotatable bonds is 8. The van der Waals surface area contributed by atoms with Crippen molar-refractivity contribution in [3.05, 3.63) is 105 Å². The lowest BCUT2D eigenvalue weighted by atomic mass is 10.1. The molecule has 0 radical (unpaired) electrons. The van der Waals surface area contributed by atoms with Crippen LogP contribution in [0.25, 0.3) is 10.9 Å². The van der Waals surface area contributed by atoms with Crippen molar-refractivity contribution in [1.82, 2.24) is 13.9 Å². The summed E-state index contributed by atoms with van der Waals surface area (Å²) in [4.78, 5) is 38.0. The highest BCUT2D eigenvalue weighted by Gasteiger charge is 2.27. The number of benzene rings is 3. The van der Waals surface area contributed by atoms with Crippen LogP contribution in [-0.4, -0.2) is 29.5 Å². The van der Waals surface area contributed by atoms with Gasteiger partial charge in [0.1, 0.15) is 6.04 Å². The molecule has 4 aromatic rings. The van der Waals surface area contributed by atoms with E-state index in [1.807, 2.05) is 55.5 Å². The highest BCUT2D eigenvalue weighted by Crippen LogP contribution is 2.18. The van der Waals surface area contributed by atoms with Crippen LogP contribution in [0.3, 0.4) is 0 Å². The number of amides is 1. The normalized spacial score (nSPS) is 12.4. The Morgan fingerprint density at radius 1 is 0.892 bits per heavy atom. The summed E-state index contributed by atoms with van der Waals surface area (Å²) in [7, 11) is -1.39. The maximum Gasteiger partial charge on any atom is 0.330 e. The van der Waals surface area contributed by atoms with Crippen LogP contribution >= 0.6 is 0 Å². The van der Waals surface area contributed by atoms with Gasteiger partial charge in [0.25, 0.3) is 5.56 Å². The first kappa shape index (κ1) is 26.1. The predicted octanol–water partition coefficient (Wildman–Crippen LogP) is 2.33. The fourth-order valence-electron chi connectivity index (χ4n) is 4.13. The summed E-state index contributed by atoms with van der Waals surface area (Å²) in [5, 5.41) is 2.89. The Bertz CT molecular complexity index is 1690. The molecule has 2 N–H and O–H groups in total. The molecule has 1 atom stereocenters. The average molecular weight is 521 g/mol. The number of anilines is 1. The smallest absolute Gasteiger partial charge is 0.325 e. The third kappa shape index (κ3) is 5.55. The van der Waals surface area contributed by atoms with Crippen LogP contribution in [0, 0.1) is 0 Å². The number of nitrogens with one attached hydrogen (secondary N) is 2. The first-order valence-electron chi connectivity index (χ1n) is 11.8. The lowest BCUT2D eigenvalue weighted by molar-refractivity contribution is -0.117. The minimum absolute atomic E-state index is 0.0768. The fourth-order valence-corrected chi connectivity index (χ4v) is 5.35. The van der Waals surface area contributed by atoms with Crippen LogP contribution in [0.4, 0.5) is 5.69 Å². The topological polar surface area (TPSA) is 119 Å². The van der Waals surface area contributed by atoms with E-state index in [1.165, 1.54) is 36.9 Å². The highest BCUT2D eigenvalue weighted by atomic mass is 32.2. The number of carbonyl (C=O) groups excluding carboxylic acids is 1. The summed E-state index contributed by atoms with van der Waals surface area (Å²) in [5.74, 6) is -0.514. The van der Waals surface area contributed by atoms with Crippen LogP contribution in [0.5, 0.6) is 0 Å². The highest BCUT2D eigenvalue weighted by molar-refractivity contribution is 7.89. The Kier molecular flexibility index (Phi) is 7.42. The third-order valence-electron chi connectivity index (χ3n) is 6.25. The lowest BCUT2D eigenvalue weighted by Crippen LogP contribution is -2.45. The zero-order valence-electron chi connectivity index (χ0n) is 20.8. The zero-order valence-corrected chi connectivity index (χ0v) is 21.6. The summed E-state index contributed by atoms with van der Waals surface area (Å²) in [6, 6.07) is 19.3. The number of hydrogen-bond donors (Lipinski definition) is 2. The molecule has 0 aliphatic carbocycles. The minimum Gasteiger partial charge on any atom is -0.325 e. The Balaban J connectivity index is 1.70. The number of aryl methyl sites for hydroxylation is 2. The van der Waals surface area contributed by atoms with Crippen molar-refractivity contribution in [2.45, 2.75) is 30.7 Å². The zero-order chi connectivity index (χ0) is 26.7. The summed E-state index contributed by atoms with van der Waals surface area (Å²) in [5.41, 5.74) is 1.56. The van der Waals surface area contributed by atoms with Gasteiger partial charge < -0.3 is 5.32 Å². The minimum atomic E-state index is -4.22. The maximum absolute atomic E-state index is 13.4. The van der Waals surface area contributed by atoms with Gasteiger partial charge in [0.2, 0.25) is 15.9 Å². The molecule has 192 valence electrons. The first-order chi connectivity index (χ1) is 17.6. The van der Waals surface area contributed by atoms with Gasteiger partial charge in [-0.15, -0.1) is 0 Å². The number of fused-ring (bicyclic) bond motifs is 1.